The summed E-state index contributed by atoms with van der Waals surface area (Å²) in [7, 11) is 0. The average Bonchev–Trinajstić information content (AvgIpc) is 2.47. The van der Waals surface area contributed by atoms with Gasteiger partial charge in [0.25, 0.3) is 11.6 Å². The van der Waals surface area contributed by atoms with Crippen LogP contribution in [0.3, 0.4) is 0 Å². The zero-order valence-corrected chi connectivity index (χ0v) is 12.0. The molecular formula is C14H13N3O3S. The Balaban J connectivity index is 2.24. The van der Waals surface area contributed by atoms with Gasteiger partial charge in [0.1, 0.15) is 5.69 Å². The first-order chi connectivity index (χ1) is 10.0. The van der Waals surface area contributed by atoms with Crippen LogP contribution in [0.25, 0.3) is 0 Å². The van der Waals surface area contributed by atoms with Crippen LogP contribution in [0.1, 0.15) is 10.4 Å². The van der Waals surface area contributed by atoms with Crippen molar-refractivity contribution in [2.75, 3.05) is 17.3 Å². The normalized spacial score (nSPS) is 10.1. The van der Waals surface area contributed by atoms with Gasteiger partial charge in [0, 0.05) is 16.6 Å². The lowest BCUT2D eigenvalue weighted by molar-refractivity contribution is -0.383. The quantitative estimate of drug-likeness (QED) is 0.391. The molecule has 0 saturated carbocycles. The van der Waals surface area contributed by atoms with Crippen molar-refractivity contribution in [3.05, 3.63) is 58.1 Å². The second kappa shape index (κ2) is 6.27. The maximum absolute atomic E-state index is 12.1. The van der Waals surface area contributed by atoms with E-state index in [2.05, 4.69) is 5.32 Å². The minimum absolute atomic E-state index is 0.0816. The number of amides is 1. The molecule has 1 amide bonds. The topological polar surface area (TPSA) is 98.3 Å². The molecule has 7 heteroatoms. The lowest BCUT2D eigenvalue weighted by Crippen LogP contribution is -2.14. The van der Waals surface area contributed by atoms with E-state index in [0.717, 1.165) is 4.90 Å². The number of thioether (sulfide) groups is 1. The molecule has 0 radical (unpaired) electrons. The molecule has 0 saturated heterocycles. The van der Waals surface area contributed by atoms with Crippen LogP contribution in [-0.2, 0) is 0 Å². The summed E-state index contributed by atoms with van der Waals surface area (Å²) in [4.78, 5) is 23.4. The molecule has 6 nitrogen and oxygen atoms in total. The van der Waals surface area contributed by atoms with Crippen LogP contribution < -0.4 is 11.1 Å². The van der Waals surface area contributed by atoms with Crippen molar-refractivity contribution in [3.8, 4) is 0 Å². The molecule has 108 valence electrons. The number of nitro groups is 1. The van der Waals surface area contributed by atoms with Crippen LogP contribution in [0.2, 0.25) is 0 Å². The fourth-order valence-corrected chi connectivity index (χ4v) is 2.19. The van der Waals surface area contributed by atoms with Crippen LogP contribution in [-0.4, -0.2) is 17.1 Å². The van der Waals surface area contributed by atoms with Crippen molar-refractivity contribution < 1.29 is 9.72 Å². The molecule has 0 bridgehead atoms. The summed E-state index contributed by atoms with van der Waals surface area (Å²) in [5.74, 6) is -0.479. The molecule has 0 aliphatic heterocycles. The van der Waals surface area contributed by atoms with Gasteiger partial charge in [-0.1, -0.05) is 6.07 Å². The van der Waals surface area contributed by atoms with Gasteiger partial charge in [-0.3, -0.25) is 14.9 Å². The van der Waals surface area contributed by atoms with Crippen LogP contribution in [0.15, 0.2) is 47.4 Å². The molecule has 0 unspecified atom stereocenters. The van der Waals surface area contributed by atoms with Gasteiger partial charge in [-0.05, 0) is 36.6 Å². The van der Waals surface area contributed by atoms with Gasteiger partial charge in [0.05, 0.1) is 10.5 Å². The number of hydrogen-bond acceptors (Lipinski definition) is 5. The zero-order chi connectivity index (χ0) is 15.4. The van der Waals surface area contributed by atoms with Gasteiger partial charge in [0.15, 0.2) is 0 Å². The van der Waals surface area contributed by atoms with Crippen molar-refractivity contribution in [2.45, 2.75) is 4.90 Å². The number of nitro benzene ring substituents is 1. The Hall–Kier alpha value is -2.54. The molecule has 2 rings (SSSR count). The molecule has 2 aromatic rings. The van der Waals surface area contributed by atoms with E-state index in [1.54, 1.807) is 23.9 Å². The lowest BCUT2D eigenvalue weighted by Gasteiger charge is -2.08. The number of benzene rings is 2. The first-order valence-corrected chi connectivity index (χ1v) is 7.23. The number of carbonyl (C=O) groups excluding carboxylic acids is 1. The van der Waals surface area contributed by atoms with Crippen LogP contribution in [0, 0.1) is 10.1 Å². The smallest absolute Gasteiger partial charge is 0.292 e. The fourth-order valence-electron chi connectivity index (χ4n) is 1.78. The second-order valence-corrected chi connectivity index (χ2v) is 5.06. The predicted molar refractivity (Wildman–Crippen MR) is 83.7 cm³/mol. The minimum Gasteiger partial charge on any atom is -0.393 e. The second-order valence-electron chi connectivity index (χ2n) is 4.18. The number of nitrogen functional groups attached to an aromatic ring is 1. The zero-order valence-electron chi connectivity index (χ0n) is 11.2. The molecule has 2 aromatic carbocycles. The summed E-state index contributed by atoms with van der Waals surface area (Å²) < 4.78 is 0. The van der Waals surface area contributed by atoms with Gasteiger partial charge in [-0.25, -0.2) is 0 Å². The Labute approximate surface area is 125 Å². The monoisotopic (exact) mass is 303 g/mol. The molecule has 0 aliphatic carbocycles. The number of rotatable bonds is 4. The first kappa shape index (κ1) is 14.9. The summed E-state index contributed by atoms with van der Waals surface area (Å²) in [6, 6.07) is 11.4. The molecule has 3 N–H and O–H groups in total. The Morgan fingerprint density at radius 3 is 2.48 bits per heavy atom. The Morgan fingerprint density at radius 2 is 1.90 bits per heavy atom. The summed E-state index contributed by atoms with van der Waals surface area (Å²) >= 11 is 1.59. The van der Waals surface area contributed by atoms with Gasteiger partial charge < -0.3 is 11.1 Å². The lowest BCUT2D eigenvalue weighted by atomic mass is 10.1. The Bertz CT molecular complexity index is 686. The third-order valence-electron chi connectivity index (χ3n) is 2.87. The summed E-state index contributed by atoms with van der Waals surface area (Å²) in [5, 5.41) is 13.5. The van der Waals surface area contributed by atoms with E-state index in [1.165, 1.54) is 18.2 Å². The van der Waals surface area contributed by atoms with E-state index in [9.17, 15) is 14.9 Å². The maximum Gasteiger partial charge on any atom is 0.292 e. The number of para-hydroxylation sites is 1. The SMILES string of the molecule is CSc1ccc(NC(=O)c2cccc([N+](=O)[O-])c2N)cc1. The van der Waals surface area contributed by atoms with Crippen LogP contribution in [0.5, 0.6) is 0 Å². The number of nitrogens with two attached hydrogens (primary N) is 1. The van der Waals surface area contributed by atoms with E-state index < -0.39 is 10.8 Å². The number of carbonyl (C=O) groups is 1. The van der Waals surface area contributed by atoms with Crippen molar-refractivity contribution >= 4 is 34.7 Å². The molecule has 0 atom stereocenters. The van der Waals surface area contributed by atoms with Gasteiger partial charge in [-0.15, -0.1) is 11.8 Å². The van der Waals surface area contributed by atoms with E-state index in [0.29, 0.717) is 5.69 Å². The summed E-state index contributed by atoms with van der Waals surface area (Å²) in [5.41, 5.74) is 5.95. The molecule has 0 heterocycles. The highest BCUT2D eigenvalue weighted by molar-refractivity contribution is 7.98. The number of nitrogens with zero attached hydrogens (tertiary/aromatic N) is 1. The highest BCUT2D eigenvalue weighted by Crippen LogP contribution is 2.26. The molecule has 0 aromatic heterocycles. The third kappa shape index (κ3) is 3.32. The van der Waals surface area contributed by atoms with Gasteiger partial charge in [-0.2, -0.15) is 0 Å². The van der Waals surface area contributed by atoms with E-state index >= 15 is 0 Å². The van der Waals surface area contributed by atoms with Crippen LogP contribution >= 0.6 is 11.8 Å². The van der Waals surface area contributed by atoms with Crippen molar-refractivity contribution in [1.82, 2.24) is 0 Å². The van der Waals surface area contributed by atoms with Crippen molar-refractivity contribution in [3.63, 3.8) is 0 Å². The van der Waals surface area contributed by atoms with E-state index in [4.69, 9.17) is 5.73 Å². The average molecular weight is 303 g/mol. The Morgan fingerprint density at radius 1 is 1.24 bits per heavy atom. The van der Waals surface area contributed by atoms with E-state index in [1.807, 2.05) is 18.4 Å². The number of nitrogens with one attached hydrogen (secondary N) is 1. The first-order valence-electron chi connectivity index (χ1n) is 6.01. The standard InChI is InChI=1S/C14H13N3O3S/c1-21-10-7-5-9(6-8-10)16-14(18)11-3-2-4-12(13(11)15)17(19)20/h2-8H,15H2,1H3,(H,16,18). The molecule has 0 fully saturated rings. The highest BCUT2D eigenvalue weighted by atomic mass is 32.2. The third-order valence-corrected chi connectivity index (χ3v) is 3.62. The molecule has 21 heavy (non-hydrogen) atoms. The highest BCUT2D eigenvalue weighted by Gasteiger charge is 2.18. The summed E-state index contributed by atoms with van der Waals surface area (Å²) in [6.07, 6.45) is 1.96. The largest absolute Gasteiger partial charge is 0.393 e. The van der Waals surface area contributed by atoms with Gasteiger partial charge >= 0.3 is 0 Å². The van der Waals surface area contributed by atoms with Crippen molar-refractivity contribution in [2.24, 2.45) is 0 Å². The fraction of sp³-hybridized carbons (Fsp3) is 0.0714. The predicted octanol–water partition coefficient (Wildman–Crippen LogP) is 3.15. The molecule has 0 aliphatic rings. The van der Waals surface area contributed by atoms with Crippen LogP contribution in [0.4, 0.5) is 17.1 Å². The molecule has 0 spiro atoms. The van der Waals surface area contributed by atoms with Crippen molar-refractivity contribution in [1.29, 1.82) is 0 Å². The molecular weight excluding hydrogens is 290 g/mol. The summed E-state index contributed by atoms with van der Waals surface area (Å²) in [6.45, 7) is 0. The Kier molecular flexibility index (Phi) is 4.44. The van der Waals surface area contributed by atoms with Gasteiger partial charge in [0.2, 0.25) is 0 Å². The number of anilines is 2. The van der Waals surface area contributed by atoms with E-state index in [-0.39, 0.29) is 16.9 Å². The maximum atomic E-state index is 12.1. The number of hydrogen-bond donors (Lipinski definition) is 2. The minimum atomic E-state index is -0.612.